The Balaban J connectivity index is 0.993. The summed E-state index contributed by atoms with van der Waals surface area (Å²) in [6.07, 6.45) is 0. The fourth-order valence-corrected chi connectivity index (χ4v) is 26.0. The predicted octanol–water partition coefficient (Wildman–Crippen LogP) is 28.8. The first-order valence-electron chi connectivity index (χ1n) is 42.1. The molecule has 0 N–H and O–H groups in total. The third-order valence-electron chi connectivity index (χ3n) is 25.2. The van der Waals surface area contributed by atoms with Gasteiger partial charge >= 0.3 is 619 Å². The molecular weight excluding hydrogens is 1510 g/mol. The summed E-state index contributed by atoms with van der Waals surface area (Å²) in [5, 5.41) is 7.49. The Morgan fingerprint density at radius 1 is 0.190 bits per heavy atom. The van der Waals surface area contributed by atoms with E-state index < -0.39 is 20.2 Å². The van der Waals surface area contributed by atoms with Crippen LogP contribution in [0.15, 0.2) is 255 Å². The van der Waals surface area contributed by atoms with Crippen LogP contribution in [0.3, 0.4) is 0 Å². The second-order valence-corrected chi connectivity index (χ2v) is 47.8. The molecule has 0 atom stereocenters. The molecule has 5 heterocycles. The Hall–Kier alpha value is -10.3. The van der Waals surface area contributed by atoms with Crippen molar-refractivity contribution in [1.82, 2.24) is 13.7 Å². The Labute approximate surface area is 696 Å². The van der Waals surface area contributed by atoms with E-state index in [1.165, 1.54) is 154 Å². The molecule has 13 aromatic carbocycles. The average molecular weight is 1630 g/mol. The molecule has 584 valence electrons. The van der Waals surface area contributed by atoms with Gasteiger partial charge < -0.3 is 0 Å². The molecule has 0 spiro atoms. The molecule has 5 nitrogen and oxygen atoms in total. The average Bonchev–Trinajstić information content (AvgIpc) is 0.815. The fraction of sp³-hybridized carbons (Fsp3) is 0.291. The molecule has 0 aliphatic carbocycles. The van der Waals surface area contributed by atoms with Crippen molar-refractivity contribution in [3.63, 3.8) is 0 Å². The maximum atomic E-state index is 2.68. The molecule has 0 saturated heterocycles. The second-order valence-electron chi connectivity index (χ2n) is 41.9. The van der Waals surface area contributed by atoms with Crippen LogP contribution in [0.5, 0.6) is 0 Å². The van der Waals surface area contributed by atoms with Gasteiger partial charge in [-0.05, 0) is 0 Å². The molecule has 0 amide bonds. The summed E-state index contributed by atoms with van der Waals surface area (Å²) in [4.78, 5) is 5.36. The van der Waals surface area contributed by atoms with Crippen LogP contribution >= 0.6 is 0 Å². The maximum absolute atomic E-state index is 3.34. The quantitative estimate of drug-likeness (QED) is 0.148. The van der Waals surface area contributed by atoms with Crippen LogP contribution in [0, 0.1) is 0 Å². The smallest absolute Gasteiger partial charge is 0.0561 e. The monoisotopic (exact) mass is 1630 g/mol. The van der Waals surface area contributed by atoms with Gasteiger partial charge in [-0.2, -0.15) is 0 Å². The number of para-hydroxylation sites is 2. The van der Waals surface area contributed by atoms with E-state index in [0.29, 0.717) is 0 Å². The molecule has 116 heavy (non-hydrogen) atoms. The van der Waals surface area contributed by atoms with Gasteiger partial charge in [0.05, 0.1) is 0 Å². The zero-order valence-electron chi connectivity index (χ0n) is 72.9. The molecule has 2 aliphatic heterocycles. The topological polar surface area (TPSA) is 21.3 Å². The summed E-state index contributed by atoms with van der Waals surface area (Å²) in [6.45, 7) is 56.5. The third kappa shape index (κ3) is 13.0. The number of rotatable bonds is 7. The van der Waals surface area contributed by atoms with Crippen LogP contribution in [0.25, 0.3) is 105 Å². The number of fused-ring (bicyclic) bond motifs is 13. The van der Waals surface area contributed by atoms with E-state index >= 15 is 0 Å². The van der Waals surface area contributed by atoms with Gasteiger partial charge in [-0.25, -0.2) is 0 Å². The molecular formula is C110H114N5Sb. The van der Waals surface area contributed by atoms with Gasteiger partial charge in [0.2, 0.25) is 0 Å². The van der Waals surface area contributed by atoms with Gasteiger partial charge in [-0.3, -0.25) is 0 Å². The van der Waals surface area contributed by atoms with Gasteiger partial charge in [0.1, 0.15) is 0 Å². The van der Waals surface area contributed by atoms with Crippen LogP contribution in [-0.4, -0.2) is 33.9 Å². The van der Waals surface area contributed by atoms with Crippen molar-refractivity contribution in [1.29, 1.82) is 0 Å². The van der Waals surface area contributed by atoms with Crippen LogP contribution in [0.2, 0.25) is 0 Å². The van der Waals surface area contributed by atoms with Gasteiger partial charge in [0, 0.05) is 0 Å². The first-order chi connectivity index (χ1) is 54.5. The molecule has 16 aromatic rings. The predicted molar refractivity (Wildman–Crippen MR) is 504 cm³/mol. The summed E-state index contributed by atoms with van der Waals surface area (Å²) in [6, 6.07) is 102. The number of nitrogens with zero attached hydrogens (tertiary/aromatic N) is 5. The van der Waals surface area contributed by atoms with Gasteiger partial charge in [-0.15, -0.1) is 0 Å². The van der Waals surface area contributed by atoms with E-state index in [0.717, 1.165) is 39.5 Å². The molecule has 0 radical (unpaired) electrons. The number of hydrogen-bond donors (Lipinski definition) is 0. The minimum Gasteiger partial charge on any atom is -0.0561 e. The van der Waals surface area contributed by atoms with Crippen molar-refractivity contribution in [2.75, 3.05) is 9.80 Å². The minimum atomic E-state index is -3.34. The van der Waals surface area contributed by atoms with Gasteiger partial charge in [0.15, 0.2) is 0 Å². The molecule has 18 rings (SSSR count). The first kappa shape index (κ1) is 76.9. The SMILES string of the molecule is CC(C)(C)c1cc(-c2ccc3c4ccc(-c5cc(C(C)(C)C)cc(C(C)(C)C)c5)cc4n(-c4cc5[c]6c(c4)N(c4ccccc4)c4cc(-n7c8cc(C(C)(C)C)ccc8c8ccc(C(C)(C)C)cc87)cc[c]4[Sb]6[c]4ccc(-n6c7cc(C(C)(C)C)ccc7c7ccc(C(C)(C)C)cc76)cc4N5c4ccccc4)c3c2)cc(C(C)(C)C)c1. The Kier molecular flexibility index (Phi) is 17.6. The molecule has 3 aromatic heterocycles. The summed E-state index contributed by atoms with van der Waals surface area (Å²) >= 11 is -3.34. The van der Waals surface area contributed by atoms with Crippen LogP contribution < -0.4 is 20.3 Å². The molecule has 0 unspecified atom stereocenters. The Bertz CT molecular complexity index is 6100. The summed E-state index contributed by atoms with van der Waals surface area (Å²) < 4.78 is 12.2. The molecule has 0 fully saturated rings. The zero-order chi connectivity index (χ0) is 81.9. The molecule has 0 saturated carbocycles. The van der Waals surface area contributed by atoms with E-state index in [1.807, 2.05) is 0 Å². The second kappa shape index (κ2) is 26.6. The summed E-state index contributed by atoms with van der Waals surface area (Å²) in [7, 11) is 0. The van der Waals surface area contributed by atoms with E-state index in [9.17, 15) is 0 Å². The standard InChI is InChI=1S/C110H114N5.Sb/c1-103(2,3)74-43-49-93-94-50-44-75(104(4,5)6)62-100(94)113(99(93)61-74)86-39-31-37-84(65-86)111(82-33-27-25-28-34-82)88-67-89(112(83-35-29-26-30-36-83)85-38-32-40-87(66-85)114-101-63-76(105(7,8)9)45-51-95(101)96-52-46-77(64-102(96)114)106(10,11)12)69-90(68-88)115-97-57-70(72-53-78(107(13,14)15)59-79(54-72)108(16,17)18)41-47-91(97)92-48-42-71(58-98(92)115)73-55-80(109(19,20)21)60-81(56-73)110(22,23)24;/h25-36,39-66,68-69H,1-24H3;. The van der Waals surface area contributed by atoms with Crippen LogP contribution in [-0.2, 0) is 43.3 Å². The summed E-state index contributed by atoms with van der Waals surface area (Å²) in [5.41, 5.74) is 32.6. The van der Waals surface area contributed by atoms with E-state index in [-0.39, 0.29) is 43.3 Å². The number of hydrogen-bond acceptors (Lipinski definition) is 2. The van der Waals surface area contributed by atoms with Crippen molar-refractivity contribution in [3.8, 4) is 39.3 Å². The van der Waals surface area contributed by atoms with Crippen LogP contribution in [0.4, 0.5) is 34.1 Å². The van der Waals surface area contributed by atoms with Crippen molar-refractivity contribution in [2.45, 2.75) is 209 Å². The molecule has 2 aliphatic rings. The normalized spacial score (nSPS) is 14.0. The van der Waals surface area contributed by atoms with Gasteiger partial charge in [0.25, 0.3) is 0 Å². The molecule has 6 heteroatoms. The number of benzene rings is 13. The van der Waals surface area contributed by atoms with E-state index in [1.54, 1.807) is 0 Å². The zero-order valence-corrected chi connectivity index (χ0v) is 75.5. The number of anilines is 6. The van der Waals surface area contributed by atoms with Crippen molar-refractivity contribution in [3.05, 3.63) is 299 Å². The Morgan fingerprint density at radius 2 is 0.448 bits per heavy atom. The fourth-order valence-electron chi connectivity index (χ4n) is 18.1. The van der Waals surface area contributed by atoms with E-state index in [2.05, 4.69) is 444 Å². The van der Waals surface area contributed by atoms with Crippen molar-refractivity contribution in [2.24, 2.45) is 0 Å². The summed E-state index contributed by atoms with van der Waals surface area (Å²) in [5.74, 6) is 0. The minimum absolute atomic E-state index is 0.0760. The third-order valence-corrected chi connectivity index (χ3v) is 32.7. The van der Waals surface area contributed by atoms with Crippen LogP contribution in [0.1, 0.15) is 211 Å². The number of aromatic nitrogens is 3. The Morgan fingerprint density at radius 3 is 0.733 bits per heavy atom. The van der Waals surface area contributed by atoms with Crippen molar-refractivity contribution < 1.29 is 0 Å². The van der Waals surface area contributed by atoms with E-state index in [4.69, 9.17) is 0 Å². The van der Waals surface area contributed by atoms with Crippen molar-refractivity contribution >= 4 is 130 Å². The molecule has 0 bridgehead atoms. The van der Waals surface area contributed by atoms with Gasteiger partial charge in [-0.1, -0.05) is 83.1 Å². The first-order valence-corrected chi connectivity index (χ1v) is 45.9.